The van der Waals surface area contributed by atoms with E-state index in [1.165, 1.54) is 34.8 Å². The van der Waals surface area contributed by atoms with E-state index in [4.69, 9.17) is 0 Å². The van der Waals surface area contributed by atoms with Gasteiger partial charge in [0.1, 0.15) is 5.82 Å². The molecule has 0 aliphatic heterocycles. The van der Waals surface area contributed by atoms with Crippen LogP contribution < -0.4 is 10.6 Å². The summed E-state index contributed by atoms with van der Waals surface area (Å²) in [5, 5.41) is 11.5. The second kappa shape index (κ2) is 8.68. The van der Waals surface area contributed by atoms with Gasteiger partial charge in [-0.15, -0.1) is 11.3 Å². The summed E-state index contributed by atoms with van der Waals surface area (Å²) in [7, 11) is 0. The second-order valence-electron chi connectivity index (χ2n) is 5.46. The summed E-state index contributed by atoms with van der Waals surface area (Å²) < 4.78 is 13.0. The first-order chi connectivity index (χ1) is 12.6. The highest BCUT2D eigenvalue weighted by molar-refractivity contribution is 7.14. The Bertz CT molecular complexity index is 876. The first-order valence-electron chi connectivity index (χ1n) is 7.93. The molecular formula is C18H16FN3O2S2. The minimum Gasteiger partial charge on any atom is -0.352 e. The molecule has 26 heavy (non-hydrogen) atoms. The third kappa shape index (κ3) is 4.96. The molecule has 0 unspecified atom stereocenters. The normalized spacial score (nSPS) is 10.5. The van der Waals surface area contributed by atoms with Crippen molar-refractivity contribution in [2.45, 2.75) is 12.8 Å². The molecule has 0 saturated heterocycles. The molecule has 0 aliphatic carbocycles. The molecular weight excluding hydrogens is 373 g/mol. The fourth-order valence-electron chi connectivity index (χ4n) is 2.21. The maximum Gasteiger partial charge on any atom is 0.252 e. The first-order valence-corrected chi connectivity index (χ1v) is 9.76. The van der Waals surface area contributed by atoms with Crippen LogP contribution in [0.5, 0.6) is 0 Å². The number of rotatable bonds is 7. The number of amides is 2. The molecule has 8 heteroatoms. The SMILES string of the molecule is O=C(CCCNC(=O)c1ccsc1)Nc1nc(-c2ccc(F)cc2)cs1. The molecule has 0 radical (unpaired) electrons. The Hall–Kier alpha value is -2.58. The Kier molecular flexibility index (Phi) is 6.08. The van der Waals surface area contributed by atoms with Gasteiger partial charge in [-0.05, 0) is 42.1 Å². The number of nitrogens with zero attached hydrogens (tertiary/aromatic N) is 1. The van der Waals surface area contributed by atoms with Crippen molar-refractivity contribution >= 4 is 39.6 Å². The number of thiophene rings is 1. The quantitative estimate of drug-likeness (QED) is 0.596. The zero-order valence-electron chi connectivity index (χ0n) is 13.7. The molecule has 2 amide bonds. The van der Waals surface area contributed by atoms with Gasteiger partial charge >= 0.3 is 0 Å². The van der Waals surface area contributed by atoms with Crippen LogP contribution in [-0.4, -0.2) is 23.3 Å². The lowest BCUT2D eigenvalue weighted by Crippen LogP contribution is -2.25. The minimum absolute atomic E-state index is 0.129. The van der Waals surface area contributed by atoms with Gasteiger partial charge in [0.2, 0.25) is 5.91 Å². The topological polar surface area (TPSA) is 71.1 Å². The van der Waals surface area contributed by atoms with Gasteiger partial charge in [-0.1, -0.05) is 0 Å². The van der Waals surface area contributed by atoms with Gasteiger partial charge in [0.05, 0.1) is 5.69 Å². The van der Waals surface area contributed by atoms with Crippen molar-refractivity contribution in [2.75, 3.05) is 11.9 Å². The molecule has 0 fully saturated rings. The van der Waals surface area contributed by atoms with Gasteiger partial charge in [-0.3, -0.25) is 9.59 Å². The van der Waals surface area contributed by atoms with Gasteiger partial charge in [0, 0.05) is 34.9 Å². The third-order valence-electron chi connectivity index (χ3n) is 3.54. The van der Waals surface area contributed by atoms with E-state index < -0.39 is 0 Å². The first kappa shape index (κ1) is 18.2. The Balaban J connectivity index is 1.42. The lowest BCUT2D eigenvalue weighted by molar-refractivity contribution is -0.116. The third-order valence-corrected chi connectivity index (χ3v) is 4.98. The van der Waals surface area contributed by atoms with E-state index in [0.717, 1.165) is 5.56 Å². The molecule has 2 heterocycles. The molecule has 0 atom stereocenters. The Morgan fingerprint density at radius 3 is 2.65 bits per heavy atom. The van der Waals surface area contributed by atoms with Crippen molar-refractivity contribution in [3.63, 3.8) is 0 Å². The molecule has 134 valence electrons. The fraction of sp³-hybridized carbons (Fsp3) is 0.167. The molecule has 3 aromatic rings. The number of carbonyl (C=O) groups excluding carboxylic acids is 2. The second-order valence-corrected chi connectivity index (χ2v) is 7.10. The Labute approximate surface area is 157 Å². The summed E-state index contributed by atoms with van der Waals surface area (Å²) in [6, 6.07) is 7.79. The van der Waals surface area contributed by atoms with Crippen molar-refractivity contribution in [3.05, 3.63) is 57.9 Å². The van der Waals surface area contributed by atoms with Crippen LogP contribution in [0.1, 0.15) is 23.2 Å². The zero-order chi connectivity index (χ0) is 18.4. The average Bonchev–Trinajstić information content (AvgIpc) is 3.31. The number of carbonyl (C=O) groups is 2. The van der Waals surface area contributed by atoms with Gasteiger partial charge in [0.25, 0.3) is 5.91 Å². The maximum absolute atomic E-state index is 13.0. The van der Waals surface area contributed by atoms with Gasteiger partial charge in [0.15, 0.2) is 5.13 Å². The van der Waals surface area contributed by atoms with Crippen molar-refractivity contribution in [2.24, 2.45) is 0 Å². The monoisotopic (exact) mass is 389 g/mol. The molecule has 0 bridgehead atoms. The van der Waals surface area contributed by atoms with Crippen LogP contribution in [0.15, 0.2) is 46.5 Å². The van der Waals surface area contributed by atoms with Crippen molar-refractivity contribution in [1.82, 2.24) is 10.3 Å². The highest BCUT2D eigenvalue weighted by atomic mass is 32.1. The van der Waals surface area contributed by atoms with Gasteiger partial charge in [-0.2, -0.15) is 11.3 Å². The van der Waals surface area contributed by atoms with E-state index in [-0.39, 0.29) is 24.1 Å². The molecule has 5 nitrogen and oxygen atoms in total. The van der Waals surface area contributed by atoms with E-state index in [0.29, 0.717) is 29.4 Å². The molecule has 2 N–H and O–H groups in total. The lowest BCUT2D eigenvalue weighted by atomic mass is 10.2. The van der Waals surface area contributed by atoms with Crippen LogP contribution in [0, 0.1) is 5.82 Å². The van der Waals surface area contributed by atoms with E-state index >= 15 is 0 Å². The van der Waals surface area contributed by atoms with E-state index in [2.05, 4.69) is 15.6 Å². The average molecular weight is 389 g/mol. The predicted octanol–water partition coefficient (Wildman–Crippen LogP) is 4.16. The van der Waals surface area contributed by atoms with E-state index in [1.807, 2.05) is 10.8 Å². The summed E-state index contributed by atoms with van der Waals surface area (Å²) in [4.78, 5) is 28.1. The number of hydrogen-bond donors (Lipinski definition) is 2. The number of nitrogens with one attached hydrogen (secondary N) is 2. The maximum atomic E-state index is 13.0. The van der Waals surface area contributed by atoms with Crippen LogP contribution in [0.3, 0.4) is 0 Å². The summed E-state index contributed by atoms with van der Waals surface area (Å²) in [6.45, 7) is 0.431. The lowest BCUT2D eigenvalue weighted by Gasteiger charge is -2.04. The molecule has 0 aliphatic rings. The summed E-state index contributed by atoms with van der Waals surface area (Å²) >= 11 is 2.78. The van der Waals surface area contributed by atoms with Crippen molar-refractivity contribution < 1.29 is 14.0 Å². The van der Waals surface area contributed by atoms with Crippen LogP contribution in [-0.2, 0) is 4.79 Å². The predicted molar refractivity (Wildman–Crippen MR) is 102 cm³/mol. The molecule has 1 aromatic carbocycles. The highest BCUT2D eigenvalue weighted by Crippen LogP contribution is 2.25. The standard InChI is InChI=1S/C18H16FN3O2S2/c19-14-5-3-12(4-6-14)15-11-26-18(21-15)22-16(23)2-1-8-20-17(24)13-7-9-25-10-13/h3-7,9-11H,1-2,8H2,(H,20,24)(H,21,22,23). The Morgan fingerprint density at radius 1 is 1.12 bits per heavy atom. The van der Waals surface area contributed by atoms with Crippen LogP contribution in [0.2, 0.25) is 0 Å². The van der Waals surface area contributed by atoms with E-state index in [9.17, 15) is 14.0 Å². The molecule has 0 saturated carbocycles. The molecule has 2 aromatic heterocycles. The number of benzene rings is 1. The summed E-state index contributed by atoms with van der Waals surface area (Å²) in [5.74, 6) is -0.589. The van der Waals surface area contributed by atoms with Gasteiger partial charge in [-0.25, -0.2) is 9.37 Å². The number of thiazole rings is 1. The Morgan fingerprint density at radius 2 is 1.92 bits per heavy atom. The highest BCUT2D eigenvalue weighted by Gasteiger charge is 2.09. The number of halogens is 1. The largest absolute Gasteiger partial charge is 0.352 e. The van der Waals surface area contributed by atoms with Crippen molar-refractivity contribution in [3.8, 4) is 11.3 Å². The number of anilines is 1. The number of hydrogen-bond acceptors (Lipinski definition) is 5. The summed E-state index contributed by atoms with van der Waals surface area (Å²) in [5.41, 5.74) is 2.11. The van der Waals surface area contributed by atoms with Crippen molar-refractivity contribution in [1.29, 1.82) is 0 Å². The summed E-state index contributed by atoms with van der Waals surface area (Å²) in [6.07, 6.45) is 0.827. The zero-order valence-corrected chi connectivity index (χ0v) is 15.3. The van der Waals surface area contributed by atoms with Gasteiger partial charge < -0.3 is 10.6 Å². The molecule has 3 rings (SSSR count). The number of aromatic nitrogens is 1. The minimum atomic E-state index is -0.302. The fourth-order valence-corrected chi connectivity index (χ4v) is 3.58. The van der Waals surface area contributed by atoms with Crippen LogP contribution in [0.25, 0.3) is 11.3 Å². The smallest absolute Gasteiger partial charge is 0.252 e. The molecule has 0 spiro atoms. The van der Waals surface area contributed by atoms with Crippen LogP contribution in [0.4, 0.5) is 9.52 Å². The van der Waals surface area contributed by atoms with Crippen LogP contribution >= 0.6 is 22.7 Å². The van der Waals surface area contributed by atoms with E-state index in [1.54, 1.807) is 23.6 Å².